The van der Waals surface area contributed by atoms with Gasteiger partial charge in [0.15, 0.2) is 0 Å². The van der Waals surface area contributed by atoms with E-state index in [4.69, 9.17) is 4.74 Å². The monoisotopic (exact) mass is 250 g/mol. The number of rotatable bonds is 7. The average Bonchev–Trinajstić information content (AvgIpc) is 2.29. The van der Waals surface area contributed by atoms with Crippen LogP contribution in [0.4, 0.5) is 5.69 Å². The molecule has 1 N–H and O–H groups in total. The highest BCUT2D eigenvalue weighted by atomic mass is 16.5. The summed E-state index contributed by atoms with van der Waals surface area (Å²) in [6.07, 6.45) is 0.299. The summed E-state index contributed by atoms with van der Waals surface area (Å²) < 4.78 is 5.60. The van der Waals surface area contributed by atoms with Gasteiger partial charge in [-0.05, 0) is 39.4 Å². The van der Waals surface area contributed by atoms with Crippen molar-refractivity contribution in [3.8, 4) is 0 Å². The van der Waals surface area contributed by atoms with Crippen molar-refractivity contribution in [2.24, 2.45) is 0 Å². The molecule has 0 aliphatic rings. The first-order valence-corrected chi connectivity index (χ1v) is 6.61. The number of likely N-dealkylation sites (N-methyl/N-ethyl adjacent to an activating group) is 1. The molecule has 0 unspecified atom stereocenters. The van der Waals surface area contributed by atoms with E-state index >= 15 is 0 Å². The fraction of sp³-hybridized carbons (Fsp3) is 0.600. The third kappa shape index (κ3) is 4.67. The third-order valence-electron chi connectivity index (χ3n) is 2.89. The van der Waals surface area contributed by atoms with Gasteiger partial charge in [-0.3, -0.25) is 0 Å². The molecule has 0 saturated carbocycles. The van der Waals surface area contributed by atoms with Crippen molar-refractivity contribution in [3.05, 3.63) is 29.3 Å². The second kappa shape index (κ2) is 7.39. The van der Waals surface area contributed by atoms with Crippen LogP contribution in [0.1, 0.15) is 25.0 Å². The van der Waals surface area contributed by atoms with Crippen molar-refractivity contribution in [2.75, 3.05) is 32.1 Å². The summed E-state index contributed by atoms with van der Waals surface area (Å²) in [5.74, 6) is 0. The molecule has 0 amide bonds. The molecule has 0 aliphatic heterocycles. The highest BCUT2D eigenvalue weighted by Gasteiger charge is 2.07. The van der Waals surface area contributed by atoms with Gasteiger partial charge in [0.1, 0.15) is 0 Å². The van der Waals surface area contributed by atoms with Crippen molar-refractivity contribution in [1.82, 2.24) is 5.32 Å². The van der Waals surface area contributed by atoms with Gasteiger partial charge in [-0.25, -0.2) is 0 Å². The molecule has 0 atom stereocenters. The van der Waals surface area contributed by atoms with E-state index in [0.29, 0.717) is 6.10 Å². The average molecular weight is 250 g/mol. The van der Waals surface area contributed by atoms with E-state index in [1.807, 2.05) is 7.05 Å². The maximum atomic E-state index is 5.60. The molecule has 1 aromatic carbocycles. The summed E-state index contributed by atoms with van der Waals surface area (Å²) in [5, 5.41) is 3.22. The normalized spacial score (nSPS) is 11.0. The smallest absolute Gasteiger partial charge is 0.0644 e. The van der Waals surface area contributed by atoms with Crippen molar-refractivity contribution in [1.29, 1.82) is 0 Å². The molecule has 3 heteroatoms. The van der Waals surface area contributed by atoms with Crippen LogP contribution < -0.4 is 10.2 Å². The van der Waals surface area contributed by atoms with Crippen LogP contribution in [0.25, 0.3) is 0 Å². The summed E-state index contributed by atoms with van der Waals surface area (Å²) >= 11 is 0. The summed E-state index contributed by atoms with van der Waals surface area (Å²) in [5.41, 5.74) is 3.92. The Hall–Kier alpha value is -1.06. The lowest BCUT2D eigenvalue weighted by Gasteiger charge is -2.23. The predicted molar refractivity (Wildman–Crippen MR) is 78.3 cm³/mol. The van der Waals surface area contributed by atoms with E-state index < -0.39 is 0 Å². The Bertz CT molecular complexity index is 364. The maximum absolute atomic E-state index is 5.60. The zero-order chi connectivity index (χ0) is 13.5. The summed E-state index contributed by atoms with van der Waals surface area (Å²) in [7, 11) is 4.10. The van der Waals surface area contributed by atoms with Gasteiger partial charge in [0, 0.05) is 25.8 Å². The largest absolute Gasteiger partial charge is 0.377 e. The van der Waals surface area contributed by atoms with Gasteiger partial charge in [0.2, 0.25) is 0 Å². The lowest BCUT2D eigenvalue weighted by molar-refractivity contribution is 0.0846. The standard InChI is InChI=1S/C15H26N2O/c1-12(2)18-9-8-17(5)15-7-6-13(3)10-14(15)11-16-4/h6-7,10,12,16H,8-9,11H2,1-5H3. The minimum absolute atomic E-state index is 0.299. The lowest BCUT2D eigenvalue weighted by atomic mass is 10.1. The topological polar surface area (TPSA) is 24.5 Å². The number of benzene rings is 1. The quantitative estimate of drug-likeness (QED) is 0.805. The van der Waals surface area contributed by atoms with Crippen LogP contribution >= 0.6 is 0 Å². The molecule has 0 heterocycles. The Kier molecular flexibility index (Phi) is 6.16. The summed E-state index contributed by atoms with van der Waals surface area (Å²) in [6.45, 7) is 8.84. The van der Waals surface area contributed by atoms with E-state index in [1.165, 1.54) is 16.8 Å². The minimum Gasteiger partial charge on any atom is -0.377 e. The molecule has 18 heavy (non-hydrogen) atoms. The van der Waals surface area contributed by atoms with Gasteiger partial charge in [0.05, 0.1) is 12.7 Å². The molecule has 3 nitrogen and oxygen atoms in total. The van der Waals surface area contributed by atoms with Crippen LogP contribution in [0.3, 0.4) is 0 Å². The van der Waals surface area contributed by atoms with E-state index in [9.17, 15) is 0 Å². The van der Waals surface area contributed by atoms with E-state index in [0.717, 1.165) is 19.7 Å². The highest BCUT2D eigenvalue weighted by Crippen LogP contribution is 2.20. The van der Waals surface area contributed by atoms with Crippen LogP contribution in [0.5, 0.6) is 0 Å². The molecule has 0 aliphatic carbocycles. The lowest BCUT2D eigenvalue weighted by Crippen LogP contribution is -2.25. The zero-order valence-electron chi connectivity index (χ0n) is 12.3. The molecular formula is C15H26N2O. The van der Waals surface area contributed by atoms with E-state index in [2.05, 4.69) is 56.2 Å². The van der Waals surface area contributed by atoms with Gasteiger partial charge >= 0.3 is 0 Å². The highest BCUT2D eigenvalue weighted by molar-refractivity contribution is 5.54. The van der Waals surface area contributed by atoms with Crippen LogP contribution in [-0.2, 0) is 11.3 Å². The third-order valence-corrected chi connectivity index (χ3v) is 2.89. The SMILES string of the molecule is CNCc1cc(C)ccc1N(C)CCOC(C)C. The van der Waals surface area contributed by atoms with Gasteiger partial charge in [-0.15, -0.1) is 0 Å². The number of ether oxygens (including phenoxy) is 1. The van der Waals surface area contributed by atoms with Crippen LogP contribution in [-0.4, -0.2) is 33.4 Å². The minimum atomic E-state index is 0.299. The number of hydrogen-bond donors (Lipinski definition) is 1. The number of hydrogen-bond acceptors (Lipinski definition) is 3. The summed E-state index contributed by atoms with van der Waals surface area (Å²) in [4.78, 5) is 2.26. The fourth-order valence-corrected chi connectivity index (χ4v) is 1.96. The molecule has 1 aromatic rings. The van der Waals surface area contributed by atoms with Crippen molar-refractivity contribution < 1.29 is 4.74 Å². The zero-order valence-corrected chi connectivity index (χ0v) is 12.3. The van der Waals surface area contributed by atoms with E-state index in [-0.39, 0.29) is 0 Å². The first-order valence-electron chi connectivity index (χ1n) is 6.61. The Balaban J connectivity index is 2.68. The number of anilines is 1. The van der Waals surface area contributed by atoms with Crippen LogP contribution in [0.15, 0.2) is 18.2 Å². The second-order valence-corrected chi connectivity index (χ2v) is 5.00. The van der Waals surface area contributed by atoms with Gasteiger partial charge < -0.3 is 15.0 Å². The van der Waals surface area contributed by atoms with Crippen molar-refractivity contribution in [3.63, 3.8) is 0 Å². The van der Waals surface area contributed by atoms with Crippen LogP contribution in [0, 0.1) is 6.92 Å². The molecule has 0 aromatic heterocycles. The number of nitrogens with one attached hydrogen (secondary N) is 1. The van der Waals surface area contributed by atoms with E-state index in [1.54, 1.807) is 0 Å². The predicted octanol–water partition coefficient (Wildman–Crippen LogP) is 2.58. The first kappa shape index (κ1) is 15.0. The maximum Gasteiger partial charge on any atom is 0.0644 e. The molecule has 0 saturated heterocycles. The first-order chi connectivity index (χ1) is 8.54. The molecule has 102 valence electrons. The molecule has 1 rings (SSSR count). The molecule has 0 bridgehead atoms. The number of nitrogens with zero attached hydrogens (tertiary/aromatic N) is 1. The fourth-order valence-electron chi connectivity index (χ4n) is 1.96. The van der Waals surface area contributed by atoms with Crippen molar-refractivity contribution in [2.45, 2.75) is 33.4 Å². The molecule has 0 spiro atoms. The Labute approximate surface area is 111 Å². The van der Waals surface area contributed by atoms with Gasteiger partial charge in [0.25, 0.3) is 0 Å². The Morgan fingerprint density at radius 3 is 2.67 bits per heavy atom. The van der Waals surface area contributed by atoms with Crippen LogP contribution in [0.2, 0.25) is 0 Å². The molecule has 0 fully saturated rings. The number of aryl methyl sites for hydroxylation is 1. The van der Waals surface area contributed by atoms with Crippen molar-refractivity contribution >= 4 is 5.69 Å². The molecular weight excluding hydrogens is 224 g/mol. The van der Waals surface area contributed by atoms with Gasteiger partial charge in [-0.2, -0.15) is 0 Å². The summed E-state index contributed by atoms with van der Waals surface area (Å²) in [6, 6.07) is 6.59. The second-order valence-electron chi connectivity index (χ2n) is 5.00. The van der Waals surface area contributed by atoms with Gasteiger partial charge in [-0.1, -0.05) is 17.7 Å². The molecule has 0 radical (unpaired) electrons. The Morgan fingerprint density at radius 2 is 2.06 bits per heavy atom. The Morgan fingerprint density at radius 1 is 1.33 bits per heavy atom.